The largest absolute Gasteiger partial charge is 0.354 e. The van der Waals surface area contributed by atoms with Crippen molar-refractivity contribution in [3.8, 4) is 0 Å². The summed E-state index contributed by atoms with van der Waals surface area (Å²) in [5.74, 6) is 1.66. The third kappa shape index (κ3) is 7.81. The minimum Gasteiger partial charge on any atom is -0.354 e. The maximum Gasteiger partial charge on any atom is 0.253 e. The van der Waals surface area contributed by atoms with E-state index in [0.717, 1.165) is 44.1 Å². The van der Waals surface area contributed by atoms with Gasteiger partial charge in [-0.1, -0.05) is 78.0 Å². The molecule has 0 spiro atoms. The van der Waals surface area contributed by atoms with Crippen LogP contribution in [0.25, 0.3) is 6.08 Å². The van der Waals surface area contributed by atoms with Gasteiger partial charge in [0.1, 0.15) is 11.0 Å². The summed E-state index contributed by atoms with van der Waals surface area (Å²) in [7, 11) is 0. The molecule has 1 saturated heterocycles. The first-order chi connectivity index (χ1) is 18.1. The highest BCUT2D eigenvalue weighted by Gasteiger charge is 2.19. The normalized spacial score (nSPS) is 14.3. The third-order valence-corrected chi connectivity index (χ3v) is 7.56. The molecule has 0 bridgehead atoms. The summed E-state index contributed by atoms with van der Waals surface area (Å²) in [6, 6.07) is 20.0. The van der Waals surface area contributed by atoms with E-state index in [1.807, 2.05) is 55.1 Å². The third-order valence-electron chi connectivity index (χ3n) is 6.45. The van der Waals surface area contributed by atoms with Gasteiger partial charge in [0.25, 0.3) is 5.91 Å². The monoisotopic (exact) mass is 535 g/mol. The molecule has 4 rings (SSSR count). The lowest BCUT2D eigenvalue weighted by atomic mass is 10.1. The summed E-state index contributed by atoms with van der Waals surface area (Å²) in [6.07, 6.45) is 4.41. The Morgan fingerprint density at radius 1 is 1.00 bits per heavy atom. The van der Waals surface area contributed by atoms with Gasteiger partial charge < -0.3 is 9.80 Å². The summed E-state index contributed by atoms with van der Waals surface area (Å²) < 4.78 is 0. The van der Waals surface area contributed by atoms with E-state index in [1.165, 1.54) is 5.56 Å². The number of halogens is 1. The maximum absolute atomic E-state index is 12.5. The van der Waals surface area contributed by atoms with Gasteiger partial charge >= 0.3 is 0 Å². The van der Waals surface area contributed by atoms with Gasteiger partial charge in [0.05, 0.1) is 0 Å². The number of amides is 1. The molecule has 1 aliphatic heterocycles. The van der Waals surface area contributed by atoms with Crippen LogP contribution in [0.1, 0.15) is 35.3 Å². The second kappa shape index (κ2) is 13.6. The number of piperazine rings is 1. The highest BCUT2D eigenvalue weighted by Crippen LogP contribution is 2.25. The Hall–Kier alpha value is -2.87. The van der Waals surface area contributed by atoms with E-state index >= 15 is 0 Å². The van der Waals surface area contributed by atoms with Gasteiger partial charge in [0.15, 0.2) is 5.16 Å². The van der Waals surface area contributed by atoms with Crippen LogP contribution in [0.15, 0.2) is 71.9 Å². The SMILES string of the molecule is CCN(CC)C(=O)c1ccc(CSc2nc(Cl)cc(N3CCN(C/C=C/c4ccccc4)CC3)n2)cc1. The van der Waals surface area contributed by atoms with Crippen molar-refractivity contribution >= 4 is 41.2 Å². The van der Waals surface area contributed by atoms with Crippen LogP contribution in [-0.4, -0.2) is 71.5 Å². The minimum absolute atomic E-state index is 0.0688. The number of aromatic nitrogens is 2. The van der Waals surface area contributed by atoms with Gasteiger partial charge in [-0.05, 0) is 37.1 Å². The quantitative estimate of drug-likeness (QED) is 0.187. The van der Waals surface area contributed by atoms with Gasteiger partial charge in [0.2, 0.25) is 0 Å². The van der Waals surface area contributed by atoms with Crippen molar-refractivity contribution in [3.63, 3.8) is 0 Å². The number of benzene rings is 2. The van der Waals surface area contributed by atoms with E-state index in [1.54, 1.807) is 11.8 Å². The van der Waals surface area contributed by atoms with Gasteiger partial charge in [-0.2, -0.15) is 0 Å². The molecule has 0 unspecified atom stereocenters. The molecule has 1 fully saturated rings. The van der Waals surface area contributed by atoms with Crippen LogP contribution in [0.5, 0.6) is 0 Å². The van der Waals surface area contributed by atoms with Crippen LogP contribution in [0, 0.1) is 0 Å². The van der Waals surface area contributed by atoms with Crippen LogP contribution >= 0.6 is 23.4 Å². The lowest BCUT2D eigenvalue weighted by Crippen LogP contribution is -2.46. The smallest absolute Gasteiger partial charge is 0.253 e. The molecule has 2 heterocycles. The molecule has 37 heavy (non-hydrogen) atoms. The van der Waals surface area contributed by atoms with Crippen molar-refractivity contribution in [3.05, 3.63) is 88.6 Å². The fourth-order valence-corrected chi connectivity index (χ4v) is 5.30. The van der Waals surface area contributed by atoms with Gasteiger partial charge in [-0.25, -0.2) is 9.97 Å². The number of nitrogens with zero attached hydrogens (tertiary/aromatic N) is 5. The number of rotatable bonds is 10. The van der Waals surface area contributed by atoms with E-state index in [0.29, 0.717) is 34.7 Å². The van der Waals surface area contributed by atoms with Crippen molar-refractivity contribution in [1.29, 1.82) is 0 Å². The van der Waals surface area contributed by atoms with E-state index < -0.39 is 0 Å². The lowest BCUT2D eigenvalue weighted by Gasteiger charge is -2.35. The number of carbonyl (C=O) groups is 1. The lowest BCUT2D eigenvalue weighted by molar-refractivity contribution is 0.0773. The van der Waals surface area contributed by atoms with E-state index in [4.69, 9.17) is 16.6 Å². The molecule has 0 aliphatic carbocycles. The average Bonchev–Trinajstić information content (AvgIpc) is 2.93. The van der Waals surface area contributed by atoms with Crippen LogP contribution in [-0.2, 0) is 5.75 Å². The molecular formula is C29H34ClN5OS. The molecule has 0 saturated carbocycles. The first-order valence-corrected chi connectivity index (χ1v) is 14.2. The molecule has 194 valence electrons. The second-order valence-electron chi connectivity index (χ2n) is 8.90. The number of thioether (sulfide) groups is 1. The van der Waals surface area contributed by atoms with E-state index in [9.17, 15) is 4.79 Å². The first kappa shape index (κ1) is 27.2. The minimum atomic E-state index is 0.0688. The molecule has 0 atom stereocenters. The van der Waals surface area contributed by atoms with Gasteiger partial charge in [-0.15, -0.1) is 0 Å². The molecule has 8 heteroatoms. The fraction of sp³-hybridized carbons (Fsp3) is 0.345. The molecule has 0 radical (unpaired) electrons. The second-order valence-corrected chi connectivity index (χ2v) is 10.2. The number of hydrogen-bond donors (Lipinski definition) is 0. The molecular weight excluding hydrogens is 502 g/mol. The van der Waals surface area contributed by atoms with Crippen molar-refractivity contribution < 1.29 is 4.79 Å². The van der Waals surface area contributed by atoms with Crippen LogP contribution < -0.4 is 4.90 Å². The Morgan fingerprint density at radius 3 is 2.38 bits per heavy atom. The average molecular weight is 536 g/mol. The maximum atomic E-state index is 12.5. The van der Waals surface area contributed by atoms with Gasteiger partial charge in [0, 0.05) is 63.2 Å². The summed E-state index contributed by atoms with van der Waals surface area (Å²) in [5, 5.41) is 1.12. The highest BCUT2D eigenvalue weighted by atomic mass is 35.5. The Morgan fingerprint density at radius 2 is 1.70 bits per heavy atom. The highest BCUT2D eigenvalue weighted by molar-refractivity contribution is 7.98. The zero-order valence-corrected chi connectivity index (χ0v) is 23.1. The molecule has 1 aromatic heterocycles. The number of carbonyl (C=O) groups excluding carboxylic acids is 1. The van der Waals surface area contributed by atoms with Gasteiger partial charge in [-0.3, -0.25) is 9.69 Å². The molecule has 1 amide bonds. The molecule has 6 nitrogen and oxygen atoms in total. The summed E-state index contributed by atoms with van der Waals surface area (Å²) in [5.41, 5.74) is 3.06. The number of anilines is 1. The predicted molar refractivity (Wildman–Crippen MR) is 154 cm³/mol. The van der Waals surface area contributed by atoms with Crippen LogP contribution in [0.4, 0.5) is 5.82 Å². The van der Waals surface area contributed by atoms with Crippen LogP contribution in [0.2, 0.25) is 5.15 Å². The summed E-state index contributed by atoms with van der Waals surface area (Å²) >= 11 is 7.92. The standard InChI is InChI=1S/C29H34ClN5OS/c1-3-34(4-2)28(36)25-14-12-24(13-15-25)22-37-29-31-26(30)21-27(32-29)35-19-17-33(18-20-35)16-8-11-23-9-6-5-7-10-23/h5-15,21H,3-4,16-20,22H2,1-2H3/b11-8+. The molecule has 3 aromatic rings. The Kier molecular flexibility index (Phi) is 9.99. The molecule has 2 aromatic carbocycles. The molecule has 1 aliphatic rings. The van der Waals surface area contributed by atoms with Crippen molar-refractivity contribution in [2.24, 2.45) is 0 Å². The summed E-state index contributed by atoms with van der Waals surface area (Å²) in [4.78, 5) is 28.3. The fourth-order valence-electron chi connectivity index (χ4n) is 4.26. The zero-order valence-electron chi connectivity index (χ0n) is 21.5. The van der Waals surface area contributed by atoms with E-state index in [-0.39, 0.29) is 5.91 Å². The van der Waals surface area contributed by atoms with Crippen molar-refractivity contribution in [1.82, 2.24) is 19.8 Å². The first-order valence-electron chi connectivity index (χ1n) is 12.8. The number of hydrogen-bond acceptors (Lipinski definition) is 6. The predicted octanol–water partition coefficient (Wildman–Crippen LogP) is 5.74. The molecule has 0 N–H and O–H groups in total. The van der Waals surface area contributed by atoms with Crippen molar-refractivity contribution in [2.45, 2.75) is 24.8 Å². The van der Waals surface area contributed by atoms with Crippen LogP contribution in [0.3, 0.4) is 0 Å². The van der Waals surface area contributed by atoms with E-state index in [2.05, 4.69) is 51.2 Å². The van der Waals surface area contributed by atoms with Crippen molar-refractivity contribution in [2.75, 3.05) is 50.7 Å². The summed E-state index contributed by atoms with van der Waals surface area (Å²) in [6.45, 7) is 10.1. The topological polar surface area (TPSA) is 52.6 Å². The Balaban J connectivity index is 1.29. The Bertz CT molecular complexity index is 1180. The zero-order chi connectivity index (χ0) is 26.0. The Labute approximate surface area is 229 Å².